The van der Waals surface area contributed by atoms with Crippen LogP contribution < -0.4 is 4.74 Å². The third kappa shape index (κ3) is 3.08. The van der Waals surface area contributed by atoms with Gasteiger partial charge in [-0.15, -0.1) is 0 Å². The van der Waals surface area contributed by atoms with E-state index in [2.05, 4.69) is 0 Å². The molecular weight excluding hydrogens is 304 g/mol. The Kier molecular flexibility index (Phi) is 3.61. The van der Waals surface area contributed by atoms with Crippen molar-refractivity contribution in [2.75, 3.05) is 6.61 Å². The number of aromatic hydroxyl groups is 4. The fourth-order valence-corrected chi connectivity index (χ4v) is 2.43. The van der Waals surface area contributed by atoms with E-state index in [0.717, 1.165) is 6.07 Å². The molecule has 4 N–H and O–H groups in total. The number of esters is 1. The number of rotatable bonds is 2. The molecule has 2 aromatic rings. The number of phenolic OH excluding ortho intramolecular Hbond substituents is 4. The lowest BCUT2D eigenvalue weighted by Crippen LogP contribution is -2.31. The lowest BCUT2D eigenvalue weighted by Gasteiger charge is -2.26. The van der Waals surface area contributed by atoms with Crippen LogP contribution in [0.2, 0.25) is 0 Å². The molecule has 7 nitrogen and oxygen atoms in total. The summed E-state index contributed by atoms with van der Waals surface area (Å²) in [6, 6.07) is 6.01. The molecule has 0 aliphatic carbocycles. The Hall–Kier alpha value is -3.09. The molecule has 3 rings (SSSR count). The van der Waals surface area contributed by atoms with E-state index in [4.69, 9.17) is 9.47 Å². The van der Waals surface area contributed by atoms with Crippen LogP contribution in [0, 0.1) is 0 Å². The van der Waals surface area contributed by atoms with Crippen LogP contribution in [-0.2, 0) is 11.2 Å². The van der Waals surface area contributed by atoms with Gasteiger partial charge >= 0.3 is 5.97 Å². The fraction of sp³-hybridized carbons (Fsp3) is 0.188. The largest absolute Gasteiger partial charge is 0.508 e. The van der Waals surface area contributed by atoms with E-state index in [-0.39, 0.29) is 41.6 Å². The molecule has 0 fully saturated rings. The SMILES string of the molecule is O=C(O[C@@H]1COc2cc(O)cc(O)c2C1)c1cc(O)cc(O)c1. The van der Waals surface area contributed by atoms with Crippen molar-refractivity contribution in [1.29, 1.82) is 0 Å². The first-order valence-electron chi connectivity index (χ1n) is 6.84. The van der Waals surface area contributed by atoms with Gasteiger partial charge in [0.25, 0.3) is 0 Å². The smallest absolute Gasteiger partial charge is 0.338 e. The van der Waals surface area contributed by atoms with Gasteiger partial charge < -0.3 is 29.9 Å². The van der Waals surface area contributed by atoms with Crippen LogP contribution in [0.4, 0.5) is 0 Å². The second-order valence-electron chi connectivity index (χ2n) is 5.22. The predicted molar refractivity (Wildman–Crippen MR) is 77.9 cm³/mol. The topological polar surface area (TPSA) is 116 Å². The van der Waals surface area contributed by atoms with Gasteiger partial charge in [0.05, 0.1) is 5.56 Å². The van der Waals surface area contributed by atoms with Crippen molar-refractivity contribution in [2.24, 2.45) is 0 Å². The first-order valence-corrected chi connectivity index (χ1v) is 6.84. The zero-order chi connectivity index (χ0) is 16.6. The minimum Gasteiger partial charge on any atom is -0.508 e. The molecule has 0 saturated carbocycles. The van der Waals surface area contributed by atoms with Crippen LogP contribution in [-0.4, -0.2) is 39.1 Å². The van der Waals surface area contributed by atoms with Crippen LogP contribution in [0.1, 0.15) is 15.9 Å². The molecule has 0 spiro atoms. The van der Waals surface area contributed by atoms with Crippen LogP contribution in [0.3, 0.4) is 0 Å². The van der Waals surface area contributed by atoms with Crippen LogP contribution in [0.15, 0.2) is 30.3 Å². The zero-order valence-electron chi connectivity index (χ0n) is 11.9. The maximum absolute atomic E-state index is 12.1. The van der Waals surface area contributed by atoms with Crippen molar-refractivity contribution in [2.45, 2.75) is 12.5 Å². The Labute approximate surface area is 131 Å². The normalized spacial score (nSPS) is 16.3. The van der Waals surface area contributed by atoms with Gasteiger partial charge in [0.15, 0.2) is 0 Å². The molecule has 1 atom stereocenters. The first-order chi connectivity index (χ1) is 10.9. The Morgan fingerprint density at radius 2 is 1.65 bits per heavy atom. The Morgan fingerprint density at radius 3 is 2.35 bits per heavy atom. The summed E-state index contributed by atoms with van der Waals surface area (Å²) in [5.74, 6) is -1.16. The summed E-state index contributed by atoms with van der Waals surface area (Å²) in [4.78, 5) is 12.1. The highest BCUT2D eigenvalue weighted by Gasteiger charge is 2.26. The first kappa shape index (κ1) is 14.8. The van der Waals surface area contributed by atoms with Crippen LogP contribution in [0.25, 0.3) is 0 Å². The van der Waals surface area contributed by atoms with Crippen molar-refractivity contribution in [3.63, 3.8) is 0 Å². The van der Waals surface area contributed by atoms with E-state index >= 15 is 0 Å². The van der Waals surface area contributed by atoms with E-state index < -0.39 is 12.1 Å². The lowest BCUT2D eigenvalue weighted by molar-refractivity contribution is 0.0127. The fourth-order valence-electron chi connectivity index (χ4n) is 2.43. The van der Waals surface area contributed by atoms with Crippen molar-refractivity contribution in [3.05, 3.63) is 41.5 Å². The number of phenols is 4. The van der Waals surface area contributed by atoms with Gasteiger partial charge in [0.1, 0.15) is 41.5 Å². The maximum Gasteiger partial charge on any atom is 0.338 e. The van der Waals surface area contributed by atoms with Gasteiger partial charge in [0.2, 0.25) is 0 Å². The van der Waals surface area contributed by atoms with Crippen molar-refractivity contribution in [1.82, 2.24) is 0 Å². The number of fused-ring (bicyclic) bond motifs is 1. The average Bonchev–Trinajstić information content (AvgIpc) is 2.46. The molecule has 23 heavy (non-hydrogen) atoms. The van der Waals surface area contributed by atoms with Gasteiger partial charge in [-0.2, -0.15) is 0 Å². The summed E-state index contributed by atoms with van der Waals surface area (Å²) in [5, 5.41) is 38.0. The predicted octanol–water partition coefficient (Wildman–Crippen LogP) is 1.67. The van der Waals surface area contributed by atoms with E-state index in [1.807, 2.05) is 0 Å². The van der Waals surface area contributed by atoms with Gasteiger partial charge in [0, 0.05) is 30.2 Å². The molecule has 7 heteroatoms. The second kappa shape index (κ2) is 5.60. The molecule has 0 amide bonds. The van der Waals surface area contributed by atoms with Gasteiger partial charge in [-0.05, 0) is 12.1 Å². The Morgan fingerprint density at radius 1 is 1.00 bits per heavy atom. The molecular formula is C16H14O7. The Balaban J connectivity index is 1.75. The second-order valence-corrected chi connectivity index (χ2v) is 5.22. The molecule has 0 saturated heterocycles. The molecule has 120 valence electrons. The van der Waals surface area contributed by atoms with Gasteiger partial charge in [-0.3, -0.25) is 0 Å². The Bertz CT molecular complexity index is 749. The highest BCUT2D eigenvalue weighted by atomic mass is 16.6. The minimum atomic E-state index is -0.730. The average molecular weight is 318 g/mol. The van der Waals surface area contributed by atoms with E-state index in [9.17, 15) is 25.2 Å². The van der Waals surface area contributed by atoms with Crippen molar-refractivity contribution >= 4 is 5.97 Å². The molecule has 0 unspecified atom stereocenters. The zero-order valence-corrected chi connectivity index (χ0v) is 11.9. The number of carbonyl (C=O) groups excluding carboxylic acids is 1. The van der Waals surface area contributed by atoms with E-state index in [1.165, 1.54) is 24.3 Å². The summed E-state index contributed by atoms with van der Waals surface area (Å²) >= 11 is 0. The molecule has 0 radical (unpaired) electrons. The highest BCUT2D eigenvalue weighted by molar-refractivity contribution is 5.90. The van der Waals surface area contributed by atoms with Crippen molar-refractivity contribution < 1.29 is 34.7 Å². The van der Waals surface area contributed by atoms with Crippen LogP contribution >= 0.6 is 0 Å². The standard InChI is InChI=1S/C16H14O7/c17-9-1-8(2-10(18)3-9)16(21)23-12-6-13-14(20)4-11(19)5-15(13)22-7-12/h1-5,12,17-20H,6-7H2/t12-/m0/s1. The maximum atomic E-state index is 12.1. The monoisotopic (exact) mass is 318 g/mol. The third-order valence-corrected chi connectivity index (χ3v) is 3.44. The summed E-state index contributed by atoms with van der Waals surface area (Å²) in [5.41, 5.74) is 0.439. The number of carbonyl (C=O) groups is 1. The third-order valence-electron chi connectivity index (χ3n) is 3.44. The number of hydrogen-bond acceptors (Lipinski definition) is 7. The number of hydrogen-bond donors (Lipinski definition) is 4. The molecule has 2 aromatic carbocycles. The highest BCUT2D eigenvalue weighted by Crippen LogP contribution is 2.36. The van der Waals surface area contributed by atoms with Gasteiger partial charge in [-0.1, -0.05) is 0 Å². The quantitative estimate of drug-likeness (QED) is 0.622. The summed E-state index contributed by atoms with van der Waals surface area (Å²) < 4.78 is 10.7. The minimum absolute atomic E-state index is 0.00299. The van der Waals surface area contributed by atoms with E-state index in [1.54, 1.807) is 0 Å². The van der Waals surface area contributed by atoms with Gasteiger partial charge in [-0.25, -0.2) is 4.79 Å². The van der Waals surface area contributed by atoms with Crippen molar-refractivity contribution in [3.8, 4) is 28.7 Å². The van der Waals surface area contributed by atoms with Crippen LogP contribution in [0.5, 0.6) is 28.7 Å². The summed E-state index contributed by atoms with van der Waals surface area (Å²) in [6.45, 7) is 0.0619. The van der Waals surface area contributed by atoms with E-state index in [0.29, 0.717) is 11.3 Å². The molecule has 0 bridgehead atoms. The number of ether oxygens (including phenoxy) is 2. The number of benzene rings is 2. The summed E-state index contributed by atoms with van der Waals surface area (Å²) in [7, 11) is 0. The summed E-state index contributed by atoms with van der Waals surface area (Å²) in [6.07, 6.45) is -0.423. The molecule has 1 aliphatic rings. The molecule has 0 aromatic heterocycles. The molecule has 1 heterocycles. The lowest BCUT2D eigenvalue weighted by atomic mass is 10.0. The molecule has 1 aliphatic heterocycles.